The van der Waals surface area contributed by atoms with Gasteiger partial charge in [-0.3, -0.25) is 4.79 Å². The molecule has 5 rings (SSSR count). The molecular formula is C20H19N5O. The number of nitrogens with one attached hydrogen (secondary N) is 3. The van der Waals surface area contributed by atoms with Gasteiger partial charge in [0.2, 0.25) is 0 Å². The first-order chi connectivity index (χ1) is 12.7. The minimum atomic E-state index is -0.0145. The molecule has 0 radical (unpaired) electrons. The largest absolute Gasteiger partial charge is 0.365 e. The topological polar surface area (TPSA) is 82.7 Å². The number of amides is 1. The van der Waals surface area contributed by atoms with E-state index in [1.165, 1.54) is 0 Å². The normalized spacial score (nSPS) is 19.9. The number of aromatic amines is 1. The molecule has 0 unspecified atom stereocenters. The number of anilines is 1. The molecule has 1 aromatic carbocycles. The fraction of sp³-hybridized carbons (Fsp3) is 0.250. The average Bonchev–Trinajstić information content (AvgIpc) is 3.09. The van der Waals surface area contributed by atoms with Crippen molar-refractivity contribution in [2.45, 2.75) is 19.3 Å². The Hall–Kier alpha value is -3.15. The van der Waals surface area contributed by atoms with Gasteiger partial charge in [-0.2, -0.15) is 0 Å². The van der Waals surface area contributed by atoms with Gasteiger partial charge in [-0.15, -0.1) is 0 Å². The highest BCUT2D eigenvalue weighted by atomic mass is 16.1. The van der Waals surface area contributed by atoms with E-state index in [0.29, 0.717) is 13.1 Å². The maximum absolute atomic E-state index is 12.3. The van der Waals surface area contributed by atoms with Gasteiger partial charge in [0.05, 0.1) is 16.8 Å². The lowest BCUT2D eigenvalue weighted by molar-refractivity contribution is 0.0940. The number of allylic oxidation sites excluding steroid dienone is 1. The summed E-state index contributed by atoms with van der Waals surface area (Å²) in [4.78, 5) is 25.4. The van der Waals surface area contributed by atoms with Crippen LogP contribution in [0, 0.1) is 6.92 Å². The van der Waals surface area contributed by atoms with Crippen LogP contribution in [0.3, 0.4) is 0 Å². The molecule has 1 amide bonds. The maximum Gasteiger partial charge on any atom is 0.253 e. The molecule has 2 aliphatic rings. The smallest absolute Gasteiger partial charge is 0.253 e. The molecule has 0 fully saturated rings. The van der Waals surface area contributed by atoms with Crippen molar-refractivity contribution in [3.63, 3.8) is 0 Å². The molecule has 0 saturated carbocycles. The summed E-state index contributed by atoms with van der Waals surface area (Å²) >= 11 is 0. The van der Waals surface area contributed by atoms with Crippen LogP contribution >= 0.6 is 0 Å². The van der Waals surface area contributed by atoms with Crippen molar-refractivity contribution >= 4 is 22.8 Å². The third-order valence-corrected chi connectivity index (χ3v) is 5.14. The Morgan fingerprint density at radius 3 is 2.96 bits per heavy atom. The van der Waals surface area contributed by atoms with Gasteiger partial charge >= 0.3 is 0 Å². The molecule has 2 aliphatic heterocycles. The average molecular weight is 345 g/mol. The number of hydrogen-bond donors (Lipinski definition) is 3. The molecule has 0 spiro atoms. The number of fused-ring (bicyclic) bond motifs is 3. The second-order valence-corrected chi connectivity index (χ2v) is 6.84. The molecule has 3 aromatic rings. The zero-order valence-corrected chi connectivity index (χ0v) is 14.5. The van der Waals surface area contributed by atoms with Crippen molar-refractivity contribution in [3.8, 4) is 11.3 Å². The molecule has 3 N–H and O–H groups in total. The fourth-order valence-electron chi connectivity index (χ4n) is 3.79. The van der Waals surface area contributed by atoms with E-state index in [-0.39, 0.29) is 11.8 Å². The van der Waals surface area contributed by atoms with Crippen LogP contribution in [0.15, 0.2) is 36.4 Å². The van der Waals surface area contributed by atoms with E-state index in [1.54, 1.807) is 0 Å². The predicted octanol–water partition coefficient (Wildman–Crippen LogP) is 3.13. The second kappa shape index (κ2) is 5.69. The van der Waals surface area contributed by atoms with Crippen LogP contribution in [0.25, 0.3) is 22.3 Å². The minimum Gasteiger partial charge on any atom is -0.365 e. The van der Waals surface area contributed by atoms with Crippen LogP contribution < -0.4 is 10.6 Å². The number of carbonyl (C=O) groups is 1. The Balaban J connectivity index is 1.79. The van der Waals surface area contributed by atoms with Gasteiger partial charge in [0.15, 0.2) is 0 Å². The predicted molar refractivity (Wildman–Crippen MR) is 101 cm³/mol. The Morgan fingerprint density at radius 2 is 2.04 bits per heavy atom. The summed E-state index contributed by atoms with van der Waals surface area (Å²) in [6.45, 7) is 3.32. The van der Waals surface area contributed by atoms with E-state index in [2.05, 4.69) is 27.8 Å². The molecule has 130 valence electrons. The number of benzene rings is 1. The highest BCUT2D eigenvalue weighted by Crippen LogP contribution is 2.34. The van der Waals surface area contributed by atoms with E-state index in [4.69, 9.17) is 9.97 Å². The molecule has 4 bridgehead atoms. The number of aromatic nitrogens is 3. The Kier molecular flexibility index (Phi) is 3.31. The molecule has 4 heterocycles. The molecule has 2 aromatic heterocycles. The van der Waals surface area contributed by atoms with Crippen molar-refractivity contribution in [3.05, 3.63) is 53.4 Å². The summed E-state index contributed by atoms with van der Waals surface area (Å²) < 4.78 is 0. The van der Waals surface area contributed by atoms with Crippen LogP contribution in [0.2, 0.25) is 0 Å². The number of carbonyl (C=O) groups excluding carboxylic acids is 1. The molecule has 26 heavy (non-hydrogen) atoms. The summed E-state index contributed by atoms with van der Waals surface area (Å²) in [6.07, 6.45) is 5.14. The van der Waals surface area contributed by atoms with Crippen molar-refractivity contribution in [1.29, 1.82) is 0 Å². The van der Waals surface area contributed by atoms with Crippen LogP contribution in [-0.2, 0) is 0 Å². The highest BCUT2D eigenvalue weighted by molar-refractivity contribution is 6.00. The monoisotopic (exact) mass is 345 g/mol. The molecule has 6 heteroatoms. The lowest BCUT2D eigenvalue weighted by atomic mass is 9.94. The van der Waals surface area contributed by atoms with Gasteiger partial charge in [0, 0.05) is 36.0 Å². The first-order valence-corrected chi connectivity index (χ1v) is 8.88. The number of nitrogens with zero attached hydrogens (tertiary/aromatic N) is 2. The molecule has 6 nitrogen and oxygen atoms in total. The number of rotatable bonds is 0. The Bertz CT molecular complexity index is 1070. The van der Waals surface area contributed by atoms with Crippen LogP contribution in [0.5, 0.6) is 0 Å². The fourth-order valence-corrected chi connectivity index (χ4v) is 3.79. The SMILES string of the molecule is Cc1nc2cccc3c2nc1NC/C=C\C[C@H]1CNC(=O)c2cc-3[nH]c21. The minimum absolute atomic E-state index is 0.0145. The third-order valence-electron chi connectivity index (χ3n) is 5.14. The summed E-state index contributed by atoms with van der Waals surface area (Å²) in [5.74, 6) is 1.03. The summed E-state index contributed by atoms with van der Waals surface area (Å²) in [5, 5.41) is 6.36. The number of para-hydroxylation sites is 1. The standard InChI is InChI=1S/C20H19N5O/c1-11-19-21-8-3-2-5-12-10-22-20(26)14-9-16(24-17(12)14)13-6-4-7-15(23-11)18(13)25-19/h2-4,6-7,9,12,24H,5,8,10H2,1H3,(H,21,25)(H,22,26)/b3-2-/t12-/m0/s1. The highest BCUT2D eigenvalue weighted by Gasteiger charge is 2.28. The van der Waals surface area contributed by atoms with E-state index in [9.17, 15) is 4.79 Å². The van der Waals surface area contributed by atoms with Crippen molar-refractivity contribution < 1.29 is 4.79 Å². The van der Waals surface area contributed by atoms with Gasteiger partial charge in [-0.1, -0.05) is 24.3 Å². The zero-order chi connectivity index (χ0) is 17.7. The molecule has 0 aliphatic carbocycles. The molecule has 1 atom stereocenters. The molecular weight excluding hydrogens is 326 g/mol. The Labute approximate surface area is 150 Å². The van der Waals surface area contributed by atoms with Crippen molar-refractivity contribution in [2.75, 3.05) is 18.4 Å². The van der Waals surface area contributed by atoms with Gasteiger partial charge in [-0.25, -0.2) is 9.97 Å². The van der Waals surface area contributed by atoms with E-state index in [0.717, 1.165) is 51.5 Å². The summed E-state index contributed by atoms with van der Waals surface area (Å²) in [7, 11) is 0. The van der Waals surface area contributed by atoms with Crippen LogP contribution in [-0.4, -0.2) is 33.9 Å². The van der Waals surface area contributed by atoms with Crippen LogP contribution in [0.1, 0.15) is 34.1 Å². The van der Waals surface area contributed by atoms with E-state index in [1.807, 2.05) is 31.2 Å². The summed E-state index contributed by atoms with van der Waals surface area (Å²) in [6, 6.07) is 7.92. The van der Waals surface area contributed by atoms with E-state index >= 15 is 0 Å². The first kappa shape index (κ1) is 15.1. The number of aryl methyl sites for hydroxylation is 1. The van der Waals surface area contributed by atoms with E-state index < -0.39 is 0 Å². The number of H-pyrrole nitrogens is 1. The maximum atomic E-state index is 12.3. The quantitative estimate of drug-likeness (QED) is 0.547. The first-order valence-electron chi connectivity index (χ1n) is 8.88. The zero-order valence-electron chi connectivity index (χ0n) is 14.5. The second-order valence-electron chi connectivity index (χ2n) is 6.84. The van der Waals surface area contributed by atoms with Gasteiger partial charge in [0.25, 0.3) is 5.91 Å². The third kappa shape index (κ3) is 2.29. The molecule has 0 saturated heterocycles. The summed E-state index contributed by atoms with van der Waals surface area (Å²) in [5.41, 5.74) is 6.18. The van der Waals surface area contributed by atoms with Gasteiger partial charge < -0.3 is 15.6 Å². The van der Waals surface area contributed by atoms with Crippen molar-refractivity contribution in [2.24, 2.45) is 0 Å². The lowest BCUT2D eigenvalue weighted by Gasteiger charge is -2.21. The van der Waals surface area contributed by atoms with Gasteiger partial charge in [-0.05, 0) is 25.5 Å². The lowest BCUT2D eigenvalue weighted by Crippen LogP contribution is -2.34. The number of hydrogen-bond acceptors (Lipinski definition) is 4. The van der Waals surface area contributed by atoms with Gasteiger partial charge in [0.1, 0.15) is 11.3 Å². The Morgan fingerprint density at radius 1 is 1.12 bits per heavy atom. The van der Waals surface area contributed by atoms with Crippen LogP contribution in [0.4, 0.5) is 5.82 Å². The van der Waals surface area contributed by atoms with Crippen molar-refractivity contribution in [1.82, 2.24) is 20.3 Å².